The zero-order valence-electron chi connectivity index (χ0n) is 12.5. The lowest BCUT2D eigenvalue weighted by atomic mass is 9.92. The Balaban J connectivity index is 1.73. The number of aromatic nitrogens is 3. The van der Waals surface area contributed by atoms with E-state index < -0.39 is 0 Å². The fourth-order valence-electron chi connectivity index (χ4n) is 3.35. The minimum absolute atomic E-state index is 0.0170. The molecule has 1 atom stereocenters. The summed E-state index contributed by atoms with van der Waals surface area (Å²) in [5.74, 6) is 0.752. The summed E-state index contributed by atoms with van der Waals surface area (Å²) in [5.41, 5.74) is 8.51. The summed E-state index contributed by atoms with van der Waals surface area (Å²) in [5, 5.41) is 8.27. The topological polar surface area (TPSA) is 56.7 Å². The fourth-order valence-corrected chi connectivity index (χ4v) is 3.35. The van der Waals surface area contributed by atoms with Crippen LogP contribution in [0, 0.1) is 5.92 Å². The van der Waals surface area contributed by atoms with Crippen molar-refractivity contribution in [2.45, 2.75) is 51.0 Å². The van der Waals surface area contributed by atoms with Gasteiger partial charge in [-0.2, -0.15) is 0 Å². The van der Waals surface area contributed by atoms with Crippen molar-refractivity contribution in [2.24, 2.45) is 11.7 Å². The van der Waals surface area contributed by atoms with Gasteiger partial charge in [0.25, 0.3) is 0 Å². The van der Waals surface area contributed by atoms with E-state index in [1.54, 1.807) is 0 Å². The number of nitrogens with two attached hydrogens (primary N) is 1. The predicted molar refractivity (Wildman–Crippen MR) is 84.1 cm³/mol. The van der Waals surface area contributed by atoms with Crippen molar-refractivity contribution >= 4 is 0 Å². The van der Waals surface area contributed by atoms with Crippen molar-refractivity contribution in [1.82, 2.24) is 15.0 Å². The first-order valence-corrected chi connectivity index (χ1v) is 8.06. The van der Waals surface area contributed by atoms with E-state index in [-0.39, 0.29) is 6.04 Å². The van der Waals surface area contributed by atoms with Crippen molar-refractivity contribution in [3.8, 4) is 5.69 Å². The molecule has 1 aliphatic carbocycles. The van der Waals surface area contributed by atoms with Gasteiger partial charge in [-0.05, 0) is 24.5 Å². The lowest BCUT2D eigenvalue weighted by Crippen LogP contribution is -2.19. The second kappa shape index (κ2) is 6.85. The highest BCUT2D eigenvalue weighted by atomic mass is 15.4. The largest absolute Gasteiger partial charge is 0.323 e. The Morgan fingerprint density at radius 3 is 2.52 bits per heavy atom. The minimum Gasteiger partial charge on any atom is -0.323 e. The van der Waals surface area contributed by atoms with Gasteiger partial charge < -0.3 is 5.73 Å². The Labute approximate surface area is 126 Å². The van der Waals surface area contributed by atoms with Crippen molar-refractivity contribution < 1.29 is 0 Å². The molecule has 3 rings (SSSR count). The maximum atomic E-state index is 6.46. The highest BCUT2D eigenvalue weighted by molar-refractivity contribution is 5.32. The molecule has 1 saturated carbocycles. The minimum atomic E-state index is 0.0170. The average Bonchev–Trinajstić information content (AvgIpc) is 2.87. The van der Waals surface area contributed by atoms with Gasteiger partial charge in [0.2, 0.25) is 0 Å². The Kier molecular flexibility index (Phi) is 4.65. The SMILES string of the molecule is NC(CC1CCCCCC1)c1cnnn1-c1ccccc1. The number of hydrogen-bond acceptors (Lipinski definition) is 3. The molecule has 1 heterocycles. The molecule has 0 radical (unpaired) electrons. The number of para-hydroxylation sites is 1. The second-order valence-electron chi connectivity index (χ2n) is 6.11. The van der Waals surface area contributed by atoms with Crippen LogP contribution in [0.5, 0.6) is 0 Å². The summed E-state index contributed by atoms with van der Waals surface area (Å²) < 4.78 is 1.88. The predicted octanol–water partition coefficient (Wildman–Crippen LogP) is 3.63. The maximum absolute atomic E-state index is 6.46. The van der Waals surface area contributed by atoms with E-state index in [1.165, 1.54) is 38.5 Å². The van der Waals surface area contributed by atoms with E-state index in [9.17, 15) is 0 Å². The van der Waals surface area contributed by atoms with E-state index in [4.69, 9.17) is 5.73 Å². The molecule has 0 bridgehead atoms. The Bertz CT molecular complexity index is 541. The van der Waals surface area contributed by atoms with Gasteiger partial charge in [-0.15, -0.1) is 5.10 Å². The smallest absolute Gasteiger partial charge is 0.0813 e. The summed E-state index contributed by atoms with van der Waals surface area (Å²) in [6, 6.07) is 10.1. The molecule has 1 unspecified atom stereocenters. The van der Waals surface area contributed by atoms with Gasteiger partial charge in [-0.3, -0.25) is 0 Å². The van der Waals surface area contributed by atoms with Gasteiger partial charge in [0.15, 0.2) is 0 Å². The van der Waals surface area contributed by atoms with Crippen LogP contribution < -0.4 is 5.73 Å². The van der Waals surface area contributed by atoms with Gasteiger partial charge in [-0.1, -0.05) is 61.9 Å². The molecule has 0 aliphatic heterocycles. The van der Waals surface area contributed by atoms with Gasteiger partial charge in [0.05, 0.1) is 17.6 Å². The van der Waals surface area contributed by atoms with Gasteiger partial charge >= 0.3 is 0 Å². The lowest BCUT2D eigenvalue weighted by Gasteiger charge is -2.19. The third-order valence-electron chi connectivity index (χ3n) is 4.52. The highest BCUT2D eigenvalue weighted by Crippen LogP contribution is 2.30. The van der Waals surface area contributed by atoms with E-state index in [0.717, 1.165) is 23.7 Å². The van der Waals surface area contributed by atoms with Crippen LogP contribution in [-0.4, -0.2) is 15.0 Å². The first-order chi connectivity index (χ1) is 10.3. The number of benzene rings is 1. The molecule has 21 heavy (non-hydrogen) atoms. The Morgan fingerprint density at radius 2 is 1.81 bits per heavy atom. The van der Waals surface area contributed by atoms with Crippen LogP contribution in [0.4, 0.5) is 0 Å². The van der Waals surface area contributed by atoms with Crippen LogP contribution in [0.25, 0.3) is 5.69 Å². The van der Waals surface area contributed by atoms with Crippen LogP contribution >= 0.6 is 0 Å². The average molecular weight is 284 g/mol. The second-order valence-corrected chi connectivity index (χ2v) is 6.11. The molecule has 0 saturated heterocycles. The van der Waals surface area contributed by atoms with Crippen LogP contribution in [0.1, 0.15) is 56.7 Å². The zero-order valence-corrected chi connectivity index (χ0v) is 12.5. The van der Waals surface area contributed by atoms with E-state index in [2.05, 4.69) is 10.3 Å². The summed E-state index contributed by atoms with van der Waals surface area (Å²) >= 11 is 0. The fraction of sp³-hybridized carbons (Fsp3) is 0.529. The van der Waals surface area contributed by atoms with Crippen molar-refractivity contribution in [3.05, 3.63) is 42.2 Å². The quantitative estimate of drug-likeness (QED) is 0.872. The van der Waals surface area contributed by atoms with Gasteiger partial charge in [0, 0.05) is 6.04 Å². The zero-order chi connectivity index (χ0) is 14.5. The highest BCUT2D eigenvalue weighted by Gasteiger charge is 2.20. The Morgan fingerprint density at radius 1 is 1.10 bits per heavy atom. The normalized spacial score (nSPS) is 18.3. The molecule has 1 aliphatic rings. The summed E-state index contributed by atoms with van der Waals surface area (Å²) in [7, 11) is 0. The number of rotatable bonds is 4. The summed E-state index contributed by atoms with van der Waals surface area (Å²) in [4.78, 5) is 0. The van der Waals surface area contributed by atoms with E-state index in [1.807, 2.05) is 41.2 Å². The molecular formula is C17H24N4. The Hall–Kier alpha value is -1.68. The third kappa shape index (κ3) is 3.50. The van der Waals surface area contributed by atoms with Crippen LogP contribution in [0.2, 0.25) is 0 Å². The molecule has 2 aromatic rings. The standard InChI is InChI=1S/C17H24N4/c18-16(12-14-8-4-1-2-5-9-14)17-13-19-20-21(17)15-10-6-3-7-11-15/h3,6-7,10-11,13-14,16H,1-2,4-5,8-9,12,18H2. The maximum Gasteiger partial charge on any atom is 0.0813 e. The molecule has 4 nitrogen and oxygen atoms in total. The van der Waals surface area contributed by atoms with Gasteiger partial charge in [-0.25, -0.2) is 4.68 Å². The lowest BCUT2D eigenvalue weighted by molar-refractivity contribution is 0.386. The van der Waals surface area contributed by atoms with Crippen molar-refractivity contribution in [1.29, 1.82) is 0 Å². The molecule has 0 spiro atoms. The molecule has 0 amide bonds. The molecule has 1 fully saturated rings. The van der Waals surface area contributed by atoms with Crippen LogP contribution in [0.3, 0.4) is 0 Å². The van der Waals surface area contributed by atoms with Crippen molar-refractivity contribution in [2.75, 3.05) is 0 Å². The monoisotopic (exact) mass is 284 g/mol. The van der Waals surface area contributed by atoms with Crippen LogP contribution in [0.15, 0.2) is 36.5 Å². The molecule has 112 valence electrons. The van der Waals surface area contributed by atoms with Gasteiger partial charge in [0.1, 0.15) is 0 Å². The van der Waals surface area contributed by atoms with Crippen molar-refractivity contribution in [3.63, 3.8) is 0 Å². The van der Waals surface area contributed by atoms with Crippen LogP contribution in [-0.2, 0) is 0 Å². The molecule has 1 aromatic carbocycles. The number of hydrogen-bond donors (Lipinski definition) is 1. The first-order valence-electron chi connectivity index (χ1n) is 8.06. The first kappa shape index (κ1) is 14.3. The molecule has 1 aromatic heterocycles. The molecular weight excluding hydrogens is 260 g/mol. The molecule has 2 N–H and O–H groups in total. The van der Waals surface area contributed by atoms with E-state index in [0.29, 0.717) is 0 Å². The number of nitrogens with zero attached hydrogens (tertiary/aromatic N) is 3. The summed E-state index contributed by atoms with van der Waals surface area (Å²) in [6.45, 7) is 0. The van der Waals surface area contributed by atoms with E-state index >= 15 is 0 Å². The molecule has 4 heteroatoms. The third-order valence-corrected chi connectivity index (χ3v) is 4.52. The summed E-state index contributed by atoms with van der Waals surface area (Å²) in [6.07, 6.45) is 11.0.